The van der Waals surface area contributed by atoms with E-state index < -0.39 is 0 Å². The van der Waals surface area contributed by atoms with Crippen molar-refractivity contribution in [1.29, 1.82) is 0 Å². The summed E-state index contributed by atoms with van der Waals surface area (Å²) in [5, 5.41) is 0. The lowest BCUT2D eigenvalue weighted by Gasteiger charge is -1.97. The van der Waals surface area contributed by atoms with Crippen molar-refractivity contribution in [3.63, 3.8) is 0 Å². The lowest BCUT2D eigenvalue weighted by atomic mass is 10.4. The molecule has 0 fully saturated rings. The zero-order valence-corrected chi connectivity index (χ0v) is 11.9. The molecule has 19 heavy (non-hydrogen) atoms. The maximum Gasteiger partial charge on any atom is 0.330 e. The lowest BCUT2D eigenvalue weighted by molar-refractivity contribution is -0.138. The van der Waals surface area contributed by atoms with Gasteiger partial charge < -0.3 is 9.47 Å². The molecule has 4 nitrogen and oxygen atoms in total. The van der Waals surface area contributed by atoms with Crippen LogP contribution in [-0.2, 0) is 19.1 Å². The van der Waals surface area contributed by atoms with Crippen LogP contribution in [0.3, 0.4) is 0 Å². The number of rotatable bonds is 6. The van der Waals surface area contributed by atoms with Crippen LogP contribution in [0, 0.1) is 0 Å². The average molecular weight is 268 g/mol. The summed E-state index contributed by atoms with van der Waals surface area (Å²) < 4.78 is 8.84. The van der Waals surface area contributed by atoms with Crippen LogP contribution in [0.25, 0.3) is 0 Å². The van der Waals surface area contributed by atoms with Crippen LogP contribution in [0.15, 0.2) is 50.8 Å². The van der Waals surface area contributed by atoms with Gasteiger partial charge in [-0.15, -0.1) is 0 Å². The third-order valence-corrected chi connectivity index (χ3v) is 1.32. The SMILES string of the molecule is C=CC(=O)OCCCC.C=CC=C.C=COC(C)=O. The van der Waals surface area contributed by atoms with Gasteiger partial charge in [0.05, 0.1) is 12.9 Å². The van der Waals surface area contributed by atoms with Gasteiger partial charge in [-0.1, -0.05) is 51.8 Å². The zero-order chi connectivity index (χ0) is 15.5. The number of carbonyl (C=O) groups is 2. The van der Waals surface area contributed by atoms with E-state index in [2.05, 4.69) is 35.8 Å². The minimum Gasteiger partial charge on any atom is -0.463 e. The molecular formula is C15H24O4. The number of unbranched alkanes of at least 4 members (excludes halogenated alkanes) is 1. The molecule has 0 aliphatic heterocycles. The van der Waals surface area contributed by atoms with Crippen molar-refractivity contribution < 1.29 is 19.1 Å². The molecule has 0 aromatic rings. The molecule has 0 radical (unpaired) electrons. The minimum absolute atomic E-state index is 0.329. The molecule has 0 amide bonds. The van der Waals surface area contributed by atoms with Crippen molar-refractivity contribution in [3.05, 3.63) is 50.8 Å². The Kier molecular flexibility index (Phi) is 24.7. The van der Waals surface area contributed by atoms with Crippen LogP contribution in [0.5, 0.6) is 0 Å². The van der Waals surface area contributed by atoms with Crippen LogP contribution < -0.4 is 0 Å². The first kappa shape index (κ1) is 22.1. The predicted molar refractivity (Wildman–Crippen MR) is 78.4 cm³/mol. The Bertz CT molecular complexity index is 274. The number of carbonyl (C=O) groups excluding carboxylic acids is 2. The number of esters is 2. The van der Waals surface area contributed by atoms with Crippen molar-refractivity contribution in [2.45, 2.75) is 26.7 Å². The largest absolute Gasteiger partial charge is 0.463 e. The van der Waals surface area contributed by atoms with Gasteiger partial charge in [0.1, 0.15) is 0 Å². The molecule has 0 spiro atoms. The Morgan fingerprint density at radius 3 is 1.84 bits per heavy atom. The Labute approximate surface area is 116 Å². The molecule has 0 atom stereocenters. The summed E-state index contributed by atoms with van der Waals surface area (Å²) in [6, 6.07) is 0. The third kappa shape index (κ3) is 38.8. The molecule has 0 saturated heterocycles. The van der Waals surface area contributed by atoms with E-state index in [-0.39, 0.29) is 11.9 Å². The highest BCUT2D eigenvalue weighted by Gasteiger charge is 1.91. The number of hydrogen-bond donors (Lipinski definition) is 0. The molecule has 0 aliphatic carbocycles. The molecule has 0 unspecified atom stereocenters. The first-order chi connectivity index (χ1) is 8.99. The van der Waals surface area contributed by atoms with Gasteiger partial charge in [-0.05, 0) is 6.42 Å². The fourth-order valence-corrected chi connectivity index (χ4v) is 0.493. The highest BCUT2D eigenvalue weighted by atomic mass is 16.5. The van der Waals surface area contributed by atoms with Crippen molar-refractivity contribution >= 4 is 11.9 Å². The van der Waals surface area contributed by atoms with Crippen LogP contribution in [0.4, 0.5) is 0 Å². The monoisotopic (exact) mass is 268 g/mol. The zero-order valence-electron chi connectivity index (χ0n) is 11.9. The summed E-state index contributed by atoms with van der Waals surface area (Å²) >= 11 is 0. The average Bonchev–Trinajstić information content (AvgIpc) is 2.39. The molecule has 4 heteroatoms. The van der Waals surface area contributed by atoms with Gasteiger partial charge in [-0.25, -0.2) is 4.79 Å². The summed E-state index contributed by atoms with van der Waals surface area (Å²) in [6.07, 6.45) is 7.53. The van der Waals surface area contributed by atoms with E-state index in [1.807, 2.05) is 6.92 Å². The Hall–Kier alpha value is -2.10. The highest BCUT2D eigenvalue weighted by molar-refractivity contribution is 5.81. The van der Waals surface area contributed by atoms with Crippen molar-refractivity contribution in [3.8, 4) is 0 Å². The van der Waals surface area contributed by atoms with Crippen LogP contribution in [0.2, 0.25) is 0 Å². The van der Waals surface area contributed by atoms with Gasteiger partial charge in [-0.3, -0.25) is 4.79 Å². The molecule has 0 bridgehead atoms. The standard InChI is InChI=1S/C7H12O2.C4H6O2.C4H6/c1-3-5-6-9-7(8)4-2;1-3-6-4(2)5;1-3-4-2/h4H,2-3,5-6H2,1H3;3H,1H2,2H3;3-4H,1-2H2. The van der Waals surface area contributed by atoms with Crippen LogP contribution >= 0.6 is 0 Å². The van der Waals surface area contributed by atoms with Gasteiger partial charge in [0.15, 0.2) is 0 Å². The molecule has 0 aromatic heterocycles. The van der Waals surface area contributed by atoms with E-state index in [1.165, 1.54) is 13.0 Å². The van der Waals surface area contributed by atoms with Crippen LogP contribution in [-0.4, -0.2) is 18.5 Å². The van der Waals surface area contributed by atoms with E-state index in [4.69, 9.17) is 0 Å². The summed E-state index contributed by atoms with van der Waals surface area (Å²) in [6.45, 7) is 17.0. The molecule has 0 saturated carbocycles. The Morgan fingerprint density at radius 1 is 1.11 bits per heavy atom. The Morgan fingerprint density at radius 2 is 1.63 bits per heavy atom. The molecular weight excluding hydrogens is 244 g/mol. The maximum absolute atomic E-state index is 10.3. The van der Waals surface area contributed by atoms with Crippen molar-refractivity contribution in [1.82, 2.24) is 0 Å². The van der Waals surface area contributed by atoms with Gasteiger partial charge >= 0.3 is 11.9 Å². The van der Waals surface area contributed by atoms with Gasteiger partial charge in [0, 0.05) is 13.0 Å². The fraction of sp³-hybridized carbons (Fsp3) is 0.333. The molecule has 0 heterocycles. The number of hydrogen-bond acceptors (Lipinski definition) is 4. The quantitative estimate of drug-likeness (QED) is 0.243. The smallest absolute Gasteiger partial charge is 0.330 e. The van der Waals surface area contributed by atoms with E-state index >= 15 is 0 Å². The number of allylic oxidation sites excluding steroid dienone is 2. The Balaban J connectivity index is -0.000000222. The topological polar surface area (TPSA) is 52.6 Å². The fourth-order valence-electron chi connectivity index (χ4n) is 0.493. The second-order valence-corrected chi connectivity index (χ2v) is 2.97. The molecule has 108 valence electrons. The van der Waals surface area contributed by atoms with E-state index in [9.17, 15) is 9.59 Å². The van der Waals surface area contributed by atoms with Crippen LogP contribution in [0.1, 0.15) is 26.7 Å². The minimum atomic E-state index is -0.330. The summed E-state index contributed by atoms with van der Waals surface area (Å²) in [5.41, 5.74) is 0. The van der Waals surface area contributed by atoms with E-state index in [0.29, 0.717) is 6.61 Å². The first-order valence-electron chi connectivity index (χ1n) is 5.80. The second kappa shape index (κ2) is 21.2. The maximum atomic E-state index is 10.3. The second-order valence-electron chi connectivity index (χ2n) is 2.97. The van der Waals surface area contributed by atoms with Crippen molar-refractivity contribution in [2.24, 2.45) is 0 Å². The molecule has 0 aliphatic rings. The van der Waals surface area contributed by atoms with E-state index in [0.717, 1.165) is 19.1 Å². The summed E-state index contributed by atoms with van der Waals surface area (Å²) in [5.74, 6) is -0.659. The van der Waals surface area contributed by atoms with Crippen molar-refractivity contribution in [2.75, 3.05) is 6.61 Å². The van der Waals surface area contributed by atoms with Gasteiger partial charge in [-0.2, -0.15) is 0 Å². The molecule has 0 aromatic carbocycles. The van der Waals surface area contributed by atoms with E-state index in [1.54, 1.807) is 12.2 Å². The molecule has 0 rings (SSSR count). The lowest BCUT2D eigenvalue weighted by Crippen LogP contribution is -2.00. The van der Waals surface area contributed by atoms with Gasteiger partial charge in [0.2, 0.25) is 0 Å². The first-order valence-corrected chi connectivity index (χ1v) is 5.80. The summed E-state index contributed by atoms with van der Waals surface area (Å²) in [7, 11) is 0. The molecule has 0 N–H and O–H groups in total. The third-order valence-electron chi connectivity index (χ3n) is 1.32. The summed E-state index contributed by atoms with van der Waals surface area (Å²) in [4.78, 5) is 20.1. The predicted octanol–water partition coefficient (Wildman–Crippen LogP) is 3.57. The highest BCUT2D eigenvalue weighted by Crippen LogP contribution is 1.88. The normalized spacial score (nSPS) is 7.26. The van der Waals surface area contributed by atoms with Gasteiger partial charge in [0.25, 0.3) is 0 Å². The number of ether oxygens (including phenoxy) is 2.